The average Bonchev–Trinajstić information content (AvgIpc) is 3.35. The molecule has 6 heteroatoms. The number of rotatable bonds is 7. The van der Waals surface area contributed by atoms with Gasteiger partial charge in [0.2, 0.25) is 0 Å². The molecule has 0 unspecified atom stereocenters. The van der Waals surface area contributed by atoms with Crippen LogP contribution in [-0.4, -0.2) is 19.7 Å². The van der Waals surface area contributed by atoms with Crippen molar-refractivity contribution in [1.29, 1.82) is 0 Å². The van der Waals surface area contributed by atoms with Crippen LogP contribution >= 0.6 is 23.1 Å². The molecule has 0 spiro atoms. The predicted molar refractivity (Wildman–Crippen MR) is 113 cm³/mol. The molecule has 27 heavy (non-hydrogen) atoms. The van der Waals surface area contributed by atoms with Crippen molar-refractivity contribution in [2.75, 3.05) is 0 Å². The second-order valence-corrected chi connectivity index (χ2v) is 7.67. The monoisotopic (exact) mass is 390 g/mol. The van der Waals surface area contributed by atoms with E-state index in [0.29, 0.717) is 6.54 Å². The first-order valence-electron chi connectivity index (χ1n) is 8.57. The fourth-order valence-electron chi connectivity index (χ4n) is 2.72. The lowest BCUT2D eigenvalue weighted by Crippen LogP contribution is -2.00. The molecule has 0 amide bonds. The van der Waals surface area contributed by atoms with Gasteiger partial charge in [-0.1, -0.05) is 78.5 Å². The van der Waals surface area contributed by atoms with E-state index in [0.717, 1.165) is 38.6 Å². The van der Waals surface area contributed by atoms with E-state index in [4.69, 9.17) is 4.98 Å². The van der Waals surface area contributed by atoms with Gasteiger partial charge >= 0.3 is 0 Å². The number of allylic oxidation sites excluding steroid dienone is 1. The van der Waals surface area contributed by atoms with Crippen LogP contribution in [0, 0.1) is 0 Å². The Morgan fingerprint density at radius 3 is 2.37 bits per heavy atom. The number of hydrogen-bond acceptors (Lipinski definition) is 5. The van der Waals surface area contributed by atoms with Crippen LogP contribution in [-0.2, 0) is 12.3 Å². The first kappa shape index (κ1) is 17.7. The molecule has 0 N–H and O–H groups in total. The zero-order valence-electron chi connectivity index (χ0n) is 14.7. The van der Waals surface area contributed by atoms with Gasteiger partial charge in [0.05, 0.1) is 5.69 Å². The van der Waals surface area contributed by atoms with Gasteiger partial charge in [-0.25, -0.2) is 4.98 Å². The first-order chi connectivity index (χ1) is 13.3. The van der Waals surface area contributed by atoms with Gasteiger partial charge in [0.15, 0.2) is 11.0 Å². The highest BCUT2D eigenvalue weighted by molar-refractivity contribution is 7.98. The summed E-state index contributed by atoms with van der Waals surface area (Å²) in [6, 6.07) is 20.4. The second-order valence-electron chi connectivity index (χ2n) is 5.87. The van der Waals surface area contributed by atoms with E-state index in [9.17, 15) is 0 Å². The number of aromatic nitrogens is 4. The highest BCUT2D eigenvalue weighted by Crippen LogP contribution is 2.29. The quantitative estimate of drug-likeness (QED) is 0.307. The molecule has 4 nitrogen and oxygen atoms in total. The van der Waals surface area contributed by atoms with Gasteiger partial charge in [-0.3, -0.25) is 4.57 Å². The van der Waals surface area contributed by atoms with E-state index >= 15 is 0 Å². The van der Waals surface area contributed by atoms with Crippen molar-refractivity contribution >= 4 is 23.1 Å². The molecule has 0 saturated carbocycles. The molecule has 2 heterocycles. The van der Waals surface area contributed by atoms with E-state index in [-0.39, 0.29) is 0 Å². The van der Waals surface area contributed by atoms with E-state index in [1.807, 2.05) is 54.6 Å². The molecule has 0 aliphatic heterocycles. The van der Waals surface area contributed by atoms with Gasteiger partial charge in [0, 0.05) is 28.8 Å². The molecule has 4 rings (SSSR count). The topological polar surface area (TPSA) is 43.6 Å². The van der Waals surface area contributed by atoms with Gasteiger partial charge in [-0.15, -0.1) is 28.1 Å². The Balaban J connectivity index is 1.53. The zero-order chi connectivity index (χ0) is 18.5. The summed E-state index contributed by atoms with van der Waals surface area (Å²) in [5.74, 6) is 1.62. The molecular weight excluding hydrogens is 372 g/mol. The van der Waals surface area contributed by atoms with Crippen molar-refractivity contribution in [3.8, 4) is 22.0 Å². The molecular formula is C21H18N4S2. The maximum Gasteiger partial charge on any atom is 0.192 e. The largest absolute Gasteiger partial charge is 0.298 e. The maximum atomic E-state index is 4.76. The van der Waals surface area contributed by atoms with Crippen LogP contribution in [0.3, 0.4) is 0 Å². The van der Waals surface area contributed by atoms with Crippen LogP contribution in [0.5, 0.6) is 0 Å². The number of hydrogen-bond donors (Lipinski definition) is 0. The summed E-state index contributed by atoms with van der Waals surface area (Å²) in [5, 5.41) is 12.8. The lowest BCUT2D eigenvalue weighted by molar-refractivity contribution is 0.731. The fraction of sp³-hybridized carbons (Fsp3) is 0.0952. The highest BCUT2D eigenvalue weighted by atomic mass is 32.2. The average molecular weight is 391 g/mol. The lowest BCUT2D eigenvalue weighted by atomic mass is 10.2. The molecule has 2 aromatic heterocycles. The van der Waals surface area contributed by atoms with E-state index < -0.39 is 0 Å². The highest BCUT2D eigenvalue weighted by Gasteiger charge is 2.14. The minimum atomic E-state index is 0.673. The predicted octanol–water partition coefficient (Wildman–Crippen LogP) is 5.55. The summed E-state index contributed by atoms with van der Waals surface area (Å²) in [5.41, 5.74) is 3.26. The molecule has 0 fully saturated rings. The van der Waals surface area contributed by atoms with Crippen LogP contribution < -0.4 is 0 Å². The van der Waals surface area contributed by atoms with Gasteiger partial charge in [-0.2, -0.15) is 0 Å². The first-order valence-corrected chi connectivity index (χ1v) is 10.4. The summed E-state index contributed by atoms with van der Waals surface area (Å²) >= 11 is 3.32. The normalized spacial score (nSPS) is 10.8. The van der Waals surface area contributed by atoms with Crippen molar-refractivity contribution in [3.63, 3.8) is 0 Å². The molecule has 0 aliphatic rings. The van der Waals surface area contributed by atoms with E-state index in [2.05, 4.69) is 38.9 Å². The fourth-order valence-corrected chi connectivity index (χ4v) is 4.49. The Morgan fingerprint density at radius 1 is 0.963 bits per heavy atom. The van der Waals surface area contributed by atoms with Crippen LogP contribution in [0.4, 0.5) is 0 Å². The van der Waals surface area contributed by atoms with Crippen molar-refractivity contribution in [3.05, 3.63) is 84.4 Å². The van der Waals surface area contributed by atoms with E-state index in [1.54, 1.807) is 23.1 Å². The maximum absolute atomic E-state index is 4.76. The number of thiazole rings is 1. The molecule has 4 aromatic rings. The third kappa shape index (κ3) is 4.02. The Morgan fingerprint density at radius 2 is 1.67 bits per heavy atom. The summed E-state index contributed by atoms with van der Waals surface area (Å²) in [4.78, 5) is 4.76. The lowest BCUT2D eigenvalue weighted by Gasteiger charge is -2.07. The molecule has 0 atom stereocenters. The van der Waals surface area contributed by atoms with Crippen molar-refractivity contribution < 1.29 is 0 Å². The van der Waals surface area contributed by atoms with Gasteiger partial charge in [0.1, 0.15) is 5.01 Å². The van der Waals surface area contributed by atoms with Gasteiger partial charge in [-0.05, 0) is 0 Å². The summed E-state index contributed by atoms with van der Waals surface area (Å²) in [6.07, 6.45) is 1.87. The smallest absolute Gasteiger partial charge is 0.192 e. The minimum absolute atomic E-state index is 0.673. The standard InChI is InChI=1S/C21H18N4S2/c1-2-13-25-19(16-9-5-3-6-10-16)23-24-21(25)27-15-18-14-26-20(22-18)17-11-7-4-8-12-17/h2-12,14H,1,13,15H2. The number of thioether (sulfide) groups is 1. The zero-order valence-corrected chi connectivity index (χ0v) is 16.3. The van der Waals surface area contributed by atoms with Crippen LogP contribution in [0.15, 0.2) is 83.9 Å². The summed E-state index contributed by atoms with van der Waals surface area (Å²) < 4.78 is 2.09. The Kier molecular flexibility index (Phi) is 5.46. The van der Waals surface area contributed by atoms with Crippen LogP contribution in [0.2, 0.25) is 0 Å². The third-order valence-corrected chi connectivity index (χ3v) is 5.92. The van der Waals surface area contributed by atoms with Crippen LogP contribution in [0.25, 0.3) is 22.0 Å². The molecule has 0 bridgehead atoms. The minimum Gasteiger partial charge on any atom is -0.298 e. The third-order valence-electron chi connectivity index (χ3n) is 3.98. The summed E-state index contributed by atoms with van der Waals surface area (Å²) in [6.45, 7) is 4.54. The SMILES string of the molecule is C=CCn1c(SCc2csc(-c3ccccc3)n2)nnc1-c1ccccc1. The van der Waals surface area contributed by atoms with E-state index in [1.165, 1.54) is 0 Å². The van der Waals surface area contributed by atoms with Crippen molar-refractivity contribution in [2.24, 2.45) is 0 Å². The van der Waals surface area contributed by atoms with Crippen molar-refractivity contribution in [2.45, 2.75) is 17.5 Å². The molecule has 0 radical (unpaired) electrons. The van der Waals surface area contributed by atoms with Crippen molar-refractivity contribution in [1.82, 2.24) is 19.7 Å². The Labute approximate surface area is 166 Å². The van der Waals surface area contributed by atoms with Gasteiger partial charge in [0.25, 0.3) is 0 Å². The Hall–Kier alpha value is -2.70. The second kappa shape index (κ2) is 8.33. The molecule has 0 aliphatic carbocycles. The van der Waals surface area contributed by atoms with Crippen LogP contribution in [0.1, 0.15) is 5.69 Å². The molecule has 134 valence electrons. The van der Waals surface area contributed by atoms with Gasteiger partial charge < -0.3 is 0 Å². The Bertz CT molecular complexity index is 1020. The number of nitrogens with zero attached hydrogens (tertiary/aromatic N) is 4. The number of benzene rings is 2. The summed E-state index contributed by atoms with van der Waals surface area (Å²) in [7, 11) is 0. The molecule has 0 saturated heterocycles. The molecule has 2 aromatic carbocycles.